The zero-order chi connectivity index (χ0) is 19.2. The van der Waals surface area contributed by atoms with Gasteiger partial charge in [0.25, 0.3) is 0 Å². The highest BCUT2D eigenvalue weighted by atomic mass is 32.2. The zero-order valence-electron chi connectivity index (χ0n) is 14.9. The molecule has 0 bridgehead atoms. The predicted molar refractivity (Wildman–Crippen MR) is 99.0 cm³/mol. The van der Waals surface area contributed by atoms with Crippen molar-refractivity contribution in [2.75, 3.05) is 0 Å². The van der Waals surface area contributed by atoms with Gasteiger partial charge in [0.1, 0.15) is 17.8 Å². The van der Waals surface area contributed by atoms with Gasteiger partial charge in [-0.05, 0) is 29.7 Å². The van der Waals surface area contributed by atoms with Crippen LogP contribution in [0.4, 0.5) is 4.39 Å². The van der Waals surface area contributed by atoms with E-state index in [1.54, 1.807) is 48.5 Å². The molecule has 1 aliphatic rings. The highest BCUT2D eigenvalue weighted by molar-refractivity contribution is 7.89. The summed E-state index contributed by atoms with van der Waals surface area (Å²) < 4.78 is 47.5. The Bertz CT molecular complexity index is 1080. The second-order valence-corrected chi connectivity index (χ2v) is 8.98. The van der Waals surface area contributed by atoms with Crippen LogP contribution in [0.5, 0.6) is 0 Å². The highest BCUT2D eigenvalue weighted by Gasteiger charge is 2.62. The molecule has 27 heavy (non-hydrogen) atoms. The third-order valence-electron chi connectivity index (χ3n) is 5.10. The van der Waals surface area contributed by atoms with Crippen LogP contribution in [0, 0.1) is 11.2 Å². The van der Waals surface area contributed by atoms with E-state index in [1.807, 2.05) is 13.8 Å². The number of nitrogens with one attached hydrogen (secondary N) is 1. The Labute approximate surface area is 157 Å². The van der Waals surface area contributed by atoms with Crippen molar-refractivity contribution in [3.63, 3.8) is 0 Å². The summed E-state index contributed by atoms with van der Waals surface area (Å²) in [5.74, 6) is -0.204. The summed E-state index contributed by atoms with van der Waals surface area (Å²) in [6.07, 6.45) is 1.41. The van der Waals surface area contributed by atoms with Crippen LogP contribution in [-0.2, 0) is 10.0 Å². The minimum absolute atomic E-state index is 0.214. The van der Waals surface area contributed by atoms with Crippen LogP contribution in [-0.4, -0.2) is 19.4 Å². The van der Waals surface area contributed by atoms with E-state index < -0.39 is 10.0 Å². The first-order valence-electron chi connectivity index (χ1n) is 8.58. The molecule has 0 aliphatic heterocycles. The van der Waals surface area contributed by atoms with Crippen molar-refractivity contribution in [2.24, 2.45) is 5.41 Å². The molecule has 4 rings (SSSR count). The first-order valence-corrected chi connectivity index (χ1v) is 10.1. The van der Waals surface area contributed by atoms with E-state index in [0.717, 1.165) is 0 Å². The monoisotopic (exact) mass is 386 g/mol. The van der Waals surface area contributed by atoms with E-state index in [1.165, 1.54) is 12.3 Å². The maximum atomic E-state index is 14.0. The molecule has 2 atom stereocenters. The Morgan fingerprint density at radius 3 is 2.44 bits per heavy atom. The minimum atomic E-state index is -3.64. The van der Waals surface area contributed by atoms with Crippen molar-refractivity contribution in [2.45, 2.75) is 30.7 Å². The van der Waals surface area contributed by atoms with Crippen LogP contribution < -0.4 is 4.72 Å². The quantitative estimate of drug-likeness (QED) is 0.721. The molecule has 0 amide bonds. The van der Waals surface area contributed by atoms with E-state index in [4.69, 9.17) is 4.42 Å². The van der Waals surface area contributed by atoms with Crippen LogP contribution in [0.1, 0.15) is 25.7 Å². The Morgan fingerprint density at radius 2 is 1.74 bits per heavy atom. The Balaban J connectivity index is 1.58. The van der Waals surface area contributed by atoms with Crippen LogP contribution in [0.3, 0.4) is 0 Å². The van der Waals surface area contributed by atoms with Gasteiger partial charge in [-0.15, -0.1) is 0 Å². The normalized spacial score (nSPS) is 21.1. The molecule has 0 radical (unpaired) electrons. The molecule has 5 nitrogen and oxygen atoms in total. The van der Waals surface area contributed by atoms with Gasteiger partial charge in [0, 0.05) is 11.6 Å². The molecule has 1 saturated carbocycles. The van der Waals surface area contributed by atoms with Crippen LogP contribution in [0.25, 0.3) is 11.3 Å². The van der Waals surface area contributed by atoms with Gasteiger partial charge >= 0.3 is 0 Å². The number of benzene rings is 2. The fourth-order valence-corrected chi connectivity index (χ4v) is 4.80. The van der Waals surface area contributed by atoms with Gasteiger partial charge in [-0.2, -0.15) is 0 Å². The van der Waals surface area contributed by atoms with E-state index in [2.05, 4.69) is 9.71 Å². The van der Waals surface area contributed by atoms with Gasteiger partial charge < -0.3 is 4.42 Å². The van der Waals surface area contributed by atoms with Crippen LogP contribution in [0.2, 0.25) is 0 Å². The van der Waals surface area contributed by atoms with Crippen molar-refractivity contribution in [3.05, 3.63) is 72.6 Å². The lowest BCUT2D eigenvalue weighted by molar-refractivity contribution is 0.467. The number of nitrogens with zero attached hydrogens (tertiary/aromatic N) is 1. The maximum absolute atomic E-state index is 14.0. The molecule has 7 heteroatoms. The van der Waals surface area contributed by atoms with Gasteiger partial charge in [-0.1, -0.05) is 44.2 Å². The lowest BCUT2D eigenvalue weighted by Crippen LogP contribution is -2.29. The first kappa shape index (κ1) is 17.9. The van der Waals surface area contributed by atoms with E-state index in [0.29, 0.717) is 17.1 Å². The molecule has 1 aromatic heterocycles. The Morgan fingerprint density at radius 1 is 1.07 bits per heavy atom. The number of sulfonamides is 1. The number of hydrogen-bond acceptors (Lipinski definition) is 4. The largest absolute Gasteiger partial charge is 0.448 e. The number of rotatable bonds is 5. The van der Waals surface area contributed by atoms with Crippen molar-refractivity contribution < 1.29 is 17.2 Å². The van der Waals surface area contributed by atoms with Gasteiger partial charge in [-0.3, -0.25) is 0 Å². The van der Waals surface area contributed by atoms with E-state index in [9.17, 15) is 12.8 Å². The summed E-state index contributed by atoms with van der Waals surface area (Å²) in [4.78, 5) is 4.62. The average Bonchev–Trinajstić information content (AvgIpc) is 2.98. The minimum Gasteiger partial charge on any atom is -0.448 e. The van der Waals surface area contributed by atoms with Crippen molar-refractivity contribution in [1.29, 1.82) is 0 Å². The summed E-state index contributed by atoms with van der Waals surface area (Å²) in [5.41, 5.74) is 0.391. The number of hydrogen-bond donors (Lipinski definition) is 1. The molecule has 1 aliphatic carbocycles. The second-order valence-electron chi connectivity index (χ2n) is 7.26. The van der Waals surface area contributed by atoms with E-state index in [-0.39, 0.29) is 28.1 Å². The van der Waals surface area contributed by atoms with Gasteiger partial charge in [0.05, 0.1) is 10.8 Å². The SMILES string of the molecule is CC1(C)[C@H](NS(=O)(=O)c2ccccc2)[C@@H]1c1nc(-c2ccccc2F)co1. The van der Waals surface area contributed by atoms with E-state index >= 15 is 0 Å². The van der Waals surface area contributed by atoms with Gasteiger partial charge in [-0.25, -0.2) is 22.5 Å². The molecule has 0 spiro atoms. The summed E-state index contributed by atoms with van der Waals surface area (Å²) in [7, 11) is -3.64. The van der Waals surface area contributed by atoms with Crippen LogP contribution >= 0.6 is 0 Å². The van der Waals surface area contributed by atoms with Crippen molar-refractivity contribution >= 4 is 10.0 Å². The lowest BCUT2D eigenvalue weighted by atomic mass is 10.1. The fraction of sp³-hybridized carbons (Fsp3) is 0.250. The summed E-state index contributed by atoms with van der Waals surface area (Å²) >= 11 is 0. The number of oxazole rings is 1. The molecular formula is C20H19FN2O3S. The molecule has 1 fully saturated rings. The summed E-state index contributed by atoms with van der Waals surface area (Å²) in [6, 6.07) is 14.2. The van der Waals surface area contributed by atoms with Crippen molar-refractivity contribution in [1.82, 2.24) is 9.71 Å². The second kappa shape index (κ2) is 6.28. The smallest absolute Gasteiger partial charge is 0.240 e. The Hall–Kier alpha value is -2.51. The molecule has 1 N–H and O–H groups in total. The molecular weight excluding hydrogens is 367 g/mol. The molecule has 140 valence electrons. The molecule has 0 unspecified atom stereocenters. The third kappa shape index (κ3) is 3.17. The van der Waals surface area contributed by atoms with Crippen molar-refractivity contribution in [3.8, 4) is 11.3 Å². The van der Waals surface area contributed by atoms with Gasteiger partial charge in [0.2, 0.25) is 10.0 Å². The third-order valence-corrected chi connectivity index (χ3v) is 6.56. The highest BCUT2D eigenvalue weighted by Crippen LogP contribution is 2.59. The summed E-state index contributed by atoms with van der Waals surface area (Å²) in [5, 5.41) is 0. The lowest BCUT2D eigenvalue weighted by Gasteiger charge is -2.07. The van der Waals surface area contributed by atoms with Crippen LogP contribution in [0.15, 0.2) is 70.2 Å². The Kier molecular flexibility index (Phi) is 4.16. The van der Waals surface area contributed by atoms with Gasteiger partial charge in [0.15, 0.2) is 5.89 Å². The fourth-order valence-electron chi connectivity index (χ4n) is 3.38. The number of aromatic nitrogens is 1. The first-order chi connectivity index (χ1) is 12.8. The topological polar surface area (TPSA) is 72.2 Å². The molecule has 1 heterocycles. The zero-order valence-corrected chi connectivity index (χ0v) is 15.7. The standard InChI is InChI=1S/C20H19FN2O3S/c1-20(2)17(18(20)23-27(24,25)13-8-4-3-5-9-13)19-22-16(12-26-19)14-10-6-7-11-15(14)21/h3-12,17-18,23H,1-2H3/t17-,18-/m1/s1. The maximum Gasteiger partial charge on any atom is 0.240 e. The molecule has 0 saturated heterocycles. The average molecular weight is 386 g/mol. The molecule has 3 aromatic rings. The predicted octanol–water partition coefficient (Wildman–Crippen LogP) is 3.95. The number of halogens is 1. The molecule has 2 aromatic carbocycles. The summed E-state index contributed by atoms with van der Waals surface area (Å²) in [6.45, 7) is 3.89.